The molecule has 1 saturated carbocycles. The number of pyridine rings is 1. The standard InChI is InChI=1S/C27H32ClFN5O2S/c1-19(36-24-8-7-22(29)15-24)26-25(17-31-34(27(26)35)23-6-2-5-21(28)14-23)32-10-12-33(13-11-32)37-18-20-4-3-9-30-16-20/h2-6,9,14,16-17,19,22,24,28H,7-8,10-13,15,18H2,1H3/q+1/p+1/t19-,22?,24?/m0/s1. The lowest BCUT2D eigenvalue weighted by atomic mass is 10.1. The summed E-state index contributed by atoms with van der Waals surface area (Å²) in [4.78, 5) is 20.2. The summed E-state index contributed by atoms with van der Waals surface area (Å²) >= 11 is 6.55. The lowest BCUT2D eigenvalue weighted by molar-refractivity contribution is -0.288. The number of hydrogen-bond donors (Lipinski definition) is 0. The third kappa shape index (κ3) is 6.34. The van der Waals surface area contributed by atoms with Crippen LogP contribution in [0.5, 0.6) is 0 Å². The number of aromatic nitrogens is 3. The highest BCUT2D eigenvalue weighted by atomic mass is 35.5. The molecule has 7 nitrogen and oxygen atoms in total. The number of piperazine rings is 1. The van der Waals surface area contributed by atoms with Crippen LogP contribution in [-0.4, -0.2) is 57.5 Å². The van der Waals surface area contributed by atoms with Crippen molar-refractivity contribution in [1.82, 2.24) is 19.1 Å². The Hall–Kier alpha value is -2.46. The van der Waals surface area contributed by atoms with Gasteiger partial charge in [-0.1, -0.05) is 12.1 Å². The molecule has 37 heavy (non-hydrogen) atoms. The Labute approximate surface area is 225 Å². The third-order valence-electron chi connectivity index (χ3n) is 6.95. The van der Waals surface area contributed by atoms with Crippen LogP contribution in [-0.2, 0) is 22.4 Å². The third-order valence-corrected chi connectivity index (χ3v) is 8.51. The maximum atomic E-state index is 13.8. The van der Waals surface area contributed by atoms with Crippen LogP contribution >= 0.6 is 0 Å². The first-order valence-electron chi connectivity index (χ1n) is 12.7. The first-order valence-corrected chi connectivity index (χ1v) is 14.2. The molecule has 0 radical (unpaired) electrons. The molecule has 2 fully saturated rings. The molecule has 3 aromatic rings. The minimum atomic E-state index is -0.834. The Balaban J connectivity index is 1.36. The van der Waals surface area contributed by atoms with Crippen LogP contribution in [0.15, 0.2) is 59.8 Å². The molecule has 196 valence electrons. The average molecular weight is 546 g/mol. The summed E-state index contributed by atoms with van der Waals surface area (Å²) in [5.41, 5.74) is 2.98. The van der Waals surface area contributed by atoms with Gasteiger partial charge in [0.1, 0.15) is 6.17 Å². The minimum Gasteiger partial charge on any atom is -0.370 e. The SMILES string of the molecule is C[C@H](OC1CCC(F)C1)c1c(N2CCN([SH+]Cc3cccnc3)CC2)cnn(-c2cccc([ClH+])c2)c1=O. The maximum absolute atomic E-state index is 13.8. The predicted molar refractivity (Wildman–Crippen MR) is 143 cm³/mol. The fourth-order valence-electron chi connectivity index (χ4n) is 5.01. The quantitative estimate of drug-likeness (QED) is 0.319. The second kappa shape index (κ2) is 11.9. The van der Waals surface area contributed by atoms with Crippen LogP contribution in [0.2, 0.25) is 5.02 Å². The molecule has 0 amide bonds. The number of ether oxygens (including phenoxy) is 1. The molecule has 1 aromatic carbocycles. The summed E-state index contributed by atoms with van der Waals surface area (Å²) in [6.45, 7) is 5.21. The molecule has 1 saturated heterocycles. The number of hydrogen-bond acceptors (Lipinski definition) is 6. The number of alkyl halides is 1. The lowest BCUT2D eigenvalue weighted by Gasteiger charge is -2.34. The Morgan fingerprint density at radius 2 is 2.00 bits per heavy atom. The van der Waals surface area contributed by atoms with Crippen LogP contribution in [0.25, 0.3) is 5.69 Å². The van der Waals surface area contributed by atoms with E-state index in [0.29, 0.717) is 35.5 Å². The molecule has 3 heterocycles. The van der Waals surface area contributed by atoms with E-state index in [4.69, 9.17) is 16.3 Å². The van der Waals surface area contributed by atoms with Gasteiger partial charge in [0.15, 0.2) is 17.4 Å². The summed E-state index contributed by atoms with van der Waals surface area (Å²) in [5.74, 6) is 0.931. The molecule has 2 aliphatic rings. The molecular weight excluding hydrogens is 513 g/mol. The predicted octanol–water partition coefficient (Wildman–Crippen LogP) is 3.34. The van der Waals surface area contributed by atoms with Crippen molar-refractivity contribution in [2.75, 3.05) is 31.1 Å². The number of thiol groups is 1. The van der Waals surface area contributed by atoms with Gasteiger partial charge in [0.2, 0.25) is 5.02 Å². The summed E-state index contributed by atoms with van der Waals surface area (Å²) in [5, 5.41) is 5.17. The van der Waals surface area contributed by atoms with Crippen molar-refractivity contribution in [3.63, 3.8) is 0 Å². The van der Waals surface area contributed by atoms with Crippen molar-refractivity contribution < 1.29 is 20.7 Å². The summed E-state index contributed by atoms with van der Waals surface area (Å²) in [6.07, 6.45) is 5.53. The number of rotatable bonds is 8. The maximum Gasteiger partial charge on any atom is 0.279 e. The Morgan fingerprint density at radius 3 is 2.70 bits per heavy atom. The van der Waals surface area contributed by atoms with Crippen molar-refractivity contribution >= 4 is 17.6 Å². The molecule has 10 heteroatoms. The molecule has 1 aliphatic carbocycles. The van der Waals surface area contributed by atoms with Gasteiger partial charge >= 0.3 is 0 Å². The van der Waals surface area contributed by atoms with E-state index in [1.54, 1.807) is 18.5 Å². The van der Waals surface area contributed by atoms with E-state index in [-0.39, 0.29) is 11.7 Å². The van der Waals surface area contributed by atoms with E-state index in [2.05, 4.69) is 25.4 Å². The van der Waals surface area contributed by atoms with Crippen LogP contribution in [0.1, 0.15) is 43.4 Å². The molecule has 0 bridgehead atoms. The fourth-order valence-corrected chi connectivity index (χ4v) is 6.22. The van der Waals surface area contributed by atoms with Gasteiger partial charge in [-0.3, -0.25) is 9.78 Å². The second-order valence-corrected chi connectivity index (χ2v) is 11.2. The minimum absolute atomic E-state index is 0.182. The normalized spacial score (nSPS) is 21.3. The van der Waals surface area contributed by atoms with Crippen LogP contribution in [0, 0.1) is 11.6 Å². The monoisotopic (exact) mass is 545 g/mol. The molecule has 2 unspecified atom stereocenters. The molecule has 0 spiro atoms. The van der Waals surface area contributed by atoms with Gasteiger partial charge < -0.3 is 9.64 Å². The summed E-state index contributed by atoms with van der Waals surface area (Å²) in [7, 11) is 0. The van der Waals surface area contributed by atoms with Crippen molar-refractivity contribution in [2.24, 2.45) is 0 Å². The Kier molecular flexibility index (Phi) is 8.44. The van der Waals surface area contributed by atoms with E-state index >= 15 is 0 Å². The fraction of sp³-hybridized carbons (Fsp3) is 0.444. The second-order valence-electron chi connectivity index (χ2n) is 9.57. The van der Waals surface area contributed by atoms with Gasteiger partial charge in [-0.15, -0.1) is 4.31 Å². The average Bonchev–Trinajstić information content (AvgIpc) is 3.32. The number of halogens is 2. The van der Waals surface area contributed by atoms with Crippen LogP contribution in [0.4, 0.5) is 10.1 Å². The molecular formula is C27H33ClFN5O2S+2. The van der Waals surface area contributed by atoms with Crippen molar-refractivity contribution in [3.8, 4) is 5.69 Å². The Bertz CT molecular complexity index is 1260. The van der Waals surface area contributed by atoms with Crippen molar-refractivity contribution in [1.29, 1.82) is 0 Å². The zero-order valence-electron chi connectivity index (χ0n) is 20.9. The van der Waals surface area contributed by atoms with Crippen LogP contribution in [0.3, 0.4) is 0 Å². The topological polar surface area (TPSA) is 63.5 Å². The first kappa shape index (κ1) is 26.2. The number of benzene rings is 1. The smallest absolute Gasteiger partial charge is 0.279 e. The highest BCUT2D eigenvalue weighted by Crippen LogP contribution is 2.32. The zero-order valence-corrected chi connectivity index (χ0v) is 22.6. The van der Waals surface area contributed by atoms with E-state index in [1.165, 1.54) is 22.2 Å². The molecule has 1 aliphatic heterocycles. The summed E-state index contributed by atoms with van der Waals surface area (Å²) < 4.78 is 23.9. The van der Waals surface area contributed by atoms with E-state index in [0.717, 1.165) is 37.6 Å². The molecule has 3 atom stereocenters. The van der Waals surface area contributed by atoms with Gasteiger partial charge in [0.25, 0.3) is 5.56 Å². The summed E-state index contributed by atoms with van der Waals surface area (Å²) in [6, 6.07) is 11.3. The van der Waals surface area contributed by atoms with Gasteiger partial charge in [-0.2, -0.15) is 9.78 Å². The lowest BCUT2D eigenvalue weighted by Crippen LogP contribution is -2.47. The van der Waals surface area contributed by atoms with Crippen LogP contribution < -0.4 is 10.5 Å². The highest BCUT2D eigenvalue weighted by Gasteiger charge is 2.31. The molecule has 2 aromatic heterocycles. The van der Waals surface area contributed by atoms with Gasteiger partial charge in [0.05, 0.1) is 60.4 Å². The van der Waals surface area contributed by atoms with Gasteiger partial charge in [-0.05, 0) is 31.9 Å². The largest absolute Gasteiger partial charge is 0.370 e. The number of nitrogens with zero attached hydrogens (tertiary/aromatic N) is 5. The van der Waals surface area contributed by atoms with E-state index in [9.17, 15) is 9.18 Å². The Morgan fingerprint density at radius 1 is 1.16 bits per heavy atom. The number of anilines is 1. The highest BCUT2D eigenvalue weighted by molar-refractivity contribution is 7.75. The van der Waals surface area contributed by atoms with Gasteiger partial charge in [-0.25, -0.2) is 4.39 Å². The zero-order chi connectivity index (χ0) is 25.8. The van der Waals surface area contributed by atoms with E-state index < -0.39 is 12.3 Å². The van der Waals surface area contributed by atoms with Crippen molar-refractivity contribution in [3.05, 3.63) is 81.5 Å². The first-order chi connectivity index (χ1) is 18.0. The molecule has 0 N–H and O–H groups in total. The molecule has 5 rings (SSSR count). The van der Waals surface area contributed by atoms with Crippen molar-refractivity contribution in [2.45, 2.75) is 50.3 Å². The van der Waals surface area contributed by atoms with E-state index in [1.807, 2.05) is 37.4 Å². The van der Waals surface area contributed by atoms with Gasteiger partial charge in [0, 0.05) is 49.6 Å².